The first kappa shape index (κ1) is 16.8. The lowest BCUT2D eigenvalue weighted by Crippen LogP contribution is -2.38. The molecule has 0 unspecified atom stereocenters. The lowest BCUT2D eigenvalue weighted by Gasteiger charge is -2.30. The summed E-state index contributed by atoms with van der Waals surface area (Å²) in [5.41, 5.74) is 2.76. The van der Waals surface area contributed by atoms with Crippen molar-refractivity contribution in [2.24, 2.45) is 0 Å². The van der Waals surface area contributed by atoms with E-state index in [2.05, 4.69) is 10.3 Å². The molecule has 2 aromatic carbocycles. The zero-order valence-corrected chi connectivity index (χ0v) is 14.5. The third kappa shape index (κ3) is 3.64. The Morgan fingerprint density at radius 3 is 2.63 bits per heavy atom. The molecule has 0 bridgehead atoms. The van der Waals surface area contributed by atoms with Crippen molar-refractivity contribution >= 4 is 23.2 Å². The van der Waals surface area contributed by atoms with Gasteiger partial charge in [-0.3, -0.25) is 14.6 Å². The molecule has 1 aromatic heterocycles. The summed E-state index contributed by atoms with van der Waals surface area (Å²) in [5, 5.41) is 2.85. The van der Waals surface area contributed by atoms with Crippen LogP contribution in [-0.4, -0.2) is 23.4 Å². The molecule has 0 atom stereocenters. The Balaban J connectivity index is 1.61. The van der Waals surface area contributed by atoms with Crippen molar-refractivity contribution in [3.8, 4) is 5.75 Å². The fourth-order valence-electron chi connectivity index (χ4n) is 2.93. The van der Waals surface area contributed by atoms with Crippen molar-refractivity contribution in [2.75, 3.05) is 16.8 Å². The number of aromatic nitrogens is 1. The predicted octanol–water partition coefficient (Wildman–Crippen LogP) is 3.26. The van der Waals surface area contributed by atoms with Gasteiger partial charge in [-0.05, 0) is 35.9 Å². The van der Waals surface area contributed by atoms with Crippen molar-refractivity contribution in [1.82, 2.24) is 4.98 Å². The highest BCUT2D eigenvalue weighted by molar-refractivity contribution is 6.05. The number of amides is 2. The predicted molar refractivity (Wildman–Crippen MR) is 102 cm³/mol. The van der Waals surface area contributed by atoms with Crippen LogP contribution in [0.25, 0.3) is 0 Å². The molecule has 4 rings (SSSR count). The molecule has 0 saturated carbocycles. The summed E-state index contributed by atoms with van der Waals surface area (Å²) < 4.78 is 5.54. The lowest BCUT2D eigenvalue weighted by atomic mass is 10.1. The van der Waals surface area contributed by atoms with Crippen LogP contribution in [0.15, 0.2) is 73.1 Å². The number of pyridine rings is 1. The minimum atomic E-state index is -0.241. The third-order valence-corrected chi connectivity index (χ3v) is 4.29. The van der Waals surface area contributed by atoms with Crippen LogP contribution >= 0.6 is 0 Å². The molecule has 1 aliphatic rings. The Kier molecular flexibility index (Phi) is 4.53. The summed E-state index contributed by atoms with van der Waals surface area (Å²) in [6, 6.07) is 18.3. The Labute approximate surface area is 156 Å². The minimum absolute atomic E-state index is 0.00253. The van der Waals surface area contributed by atoms with E-state index in [1.807, 2.05) is 30.3 Å². The number of hydrogen-bond acceptors (Lipinski definition) is 4. The standard InChI is InChI=1S/C21H17N3O3/c25-20-14-27-19-7-6-17(23-21(26)16-8-10-22-11-9-16)12-18(19)24(20)13-15-4-2-1-3-5-15/h1-12H,13-14H2,(H,23,26). The van der Waals surface area contributed by atoms with Gasteiger partial charge in [0.2, 0.25) is 0 Å². The van der Waals surface area contributed by atoms with Crippen LogP contribution in [0.2, 0.25) is 0 Å². The summed E-state index contributed by atoms with van der Waals surface area (Å²) in [6.07, 6.45) is 3.13. The summed E-state index contributed by atoms with van der Waals surface area (Å²) >= 11 is 0. The van der Waals surface area contributed by atoms with Gasteiger partial charge in [-0.25, -0.2) is 0 Å². The van der Waals surface area contributed by atoms with Gasteiger partial charge in [0.1, 0.15) is 5.75 Å². The van der Waals surface area contributed by atoms with Gasteiger partial charge in [0.25, 0.3) is 11.8 Å². The molecular weight excluding hydrogens is 342 g/mol. The largest absolute Gasteiger partial charge is 0.482 e. The summed E-state index contributed by atoms with van der Waals surface area (Å²) in [4.78, 5) is 30.4. The molecule has 0 saturated heterocycles. The molecule has 6 nitrogen and oxygen atoms in total. The Bertz CT molecular complexity index is 974. The van der Waals surface area contributed by atoms with E-state index in [-0.39, 0.29) is 18.4 Å². The quantitative estimate of drug-likeness (QED) is 0.776. The number of hydrogen-bond donors (Lipinski definition) is 1. The summed E-state index contributed by atoms with van der Waals surface area (Å²) in [7, 11) is 0. The van der Waals surface area contributed by atoms with E-state index in [4.69, 9.17) is 4.74 Å². The number of benzene rings is 2. The lowest BCUT2D eigenvalue weighted by molar-refractivity contribution is -0.121. The zero-order valence-electron chi connectivity index (χ0n) is 14.5. The van der Waals surface area contributed by atoms with Crippen molar-refractivity contribution in [3.05, 3.63) is 84.2 Å². The van der Waals surface area contributed by atoms with Crippen LogP contribution in [0.3, 0.4) is 0 Å². The molecule has 2 heterocycles. The van der Waals surface area contributed by atoms with Gasteiger partial charge in [-0.2, -0.15) is 0 Å². The summed E-state index contributed by atoms with van der Waals surface area (Å²) in [6.45, 7) is 0.445. The molecule has 0 radical (unpaired) electrons. The highest BCUT2D eigenvalue weighted by Crippen LogP contribution is 2.35. The first-order chi connectivity index (χ1) is 13.2. The van der Waals surface area contributed by atoms with Gasteiger partial charge in [-0.1, -0.05) is 30.3 Å². The third-order valence-electron chi connectivity index (χ3n) is 4.29. The average molecular weight is 359 g/mol. The van der Waals surface area contributed by atoms with Crippen LogP contribution in [-0.2, 0) is 11.3 Å². The number of anilines is 2. The average Bonchev–Trinajstić information content (AvgIpc) is 2.72. The molecular formula is C21H17N3O3. The molecule has 134 valence electrons. The second kappa shape index (κ2) is 7.29. The fourth-order valence-corrected chi connectivity index (χ4v) is 2.93. The van der Waals surface area contributed by atoms with Gasteiger partial charge in [0.15, 0.2) is 6.61 Å². The number of nitrogens with one attached hydrogen (secondary N) is 1. The second-order valence-corrected chi connectivity index (χ2v) is 6.13. The van der Waals surface area contributed by atoms with E-state index in [9.17, 15) is 9.59 Å². The molecule has 1 aliphatic heterocycles. The maximum atomic E-state index is 12.4. The van der Waals surface area contributed by atoms with E-state index in [1.165, 1.54) is 0 Å². The van der Waals surface area contributed by atoms with Gasteiger partial charge in [-0.15, -0.1) is 0 Å². The highest BCUT2D eigenvalue weighted by atomic mass is 16.5. The van der Waals surface area contributed by atoms with Crippen LogP contribution in [0, 0.1) is 0 Å². The van der Waals surface area contributed by atoms with Crippen LogP contribution < -0.4 is 15.0 Å². The monoisotopic (exact) mass is 359 g/mol. The summed E-state index contributed by atoms with van der Waals surface area (Å²) in [5.74, 6) is 0.256. The Morgan fingerprint density at radius 1 is 1.07 bits per heavy atom. The van der Waals surface area contributed by atoms with Gasteiger partial charge in [0, 0.05) is 23.6 Å². The molecule has 2 amide bonds. The van der Waals surface area contributed by atoms with E-state index in [1.54, 1.807) is 47.6 Å². The van der Waals surface area contributed by atoms with E-state index in [0.717, 1.165) is 5.56 Å². The molecule has 6 heteroatoms. The smallest absolute Gasteiger partial charge is 0.265 e. The normalized spacial score (nSPS) is 12.9. The van der Waals surface area contributed by atoms with E-state index < -0.39 is 0 Å². The van der Waals surface area contributed by atoms with Crippen molar-refractivity contribution < 1.29 is 14.3 Å². The minimum Gasteiger partial charge on any atom is -0.482 e. The van der Waals surface area contributed by atoms with Gasteiger partial charge < -0.3 is 15.0 Å². The van der Waals surface area contributed by atoms with Crippen molar-refractivity contribution in [1.29, 1.82) is 0 Å². The number of ether oxygens (including phenoxy) is 1. The molecule has 3 aromatic rings. The maximum Gasteiger partial charge on any atom is 0.265 e. The number of nitrogens with zero attached hydrogens (tertiary/aromatic N) is 2. The molecule has 0 fully saturated rings. The van der Waals surface area contributed by atoms with Crippen LogP contribution in [0.1, 0.15) is 15.9 Å². The topological polar surface area (TPSA) is 71.5 Å². The number of fused-ring (bicyclic) bond motifs is 1. The SMILES string of the molecule is O=C(Nc1ccc2c(c1)N(Cc1ccccc1)C(=O)CO2)c1ccncc1. The van der Waals surface area contributed by atoms with Gasteiger partial charge >= 0.3 is 0 Å². The number of carbonyl (C=O) groups is 2. The van der Waals surface area contributed by atoms with Crippen molar-refractivity contribution in [2.45, 2.75) is 6.54 Å². The zero-order chi connectivity index (χ0) is 18.6. The first-order valence-corrected chi connectivity index (χ1v) is 8.53. The van der Waals surface area contributed by atoms with Gasteiger partial charge in [0.05, 0.1) is 12.2 Å². The van der Waals surface area contributed by atoms with Crippen LogP contribution in [0.4, 0.5) is 11.4 Å². The van der Waals surface area contributed by atoms with Crippen LogP contribution in [0.5, 0.6) is 5.75 Å². The molecule has 1 N–H and O–H groups in total. The second-order valence-electron chi connectivity index (χ2n) is 6.13. The first-order valence-electron chi connectivity index (χ1n) is 8.53. The van der Waals surface area contributed by atoms with E-state index >= 15 is 0 Å². The molecule has 27 heavy (non-hydrogen) atoms. The maximum absolute atomic E-state index is 12.4. The number of carbonyl (C=O) groups excluding carboxylic acids is 2. The van der Waals surface area contributed by atoms with E-state index in [0.29, 0.717) is 29.2 Å². The molecule has 0 spiro atoms. The Morgan fingerprint density at radius 2 is 1.85 bits per heavy atom. The Hall–Kier alpha value is -3.67. The van der Waals surface area contributed by atoms with Crippen molar-refractivity contribution in [3.63, 3.8) is 0 Å². The fraction of sp³-hybridized carbons (Fsp3) is 0.0952. The number of rotatable bonds is 4. The molecule has 0 aliphatic carbocycles. The highest BCUT2D eigenvalue weighted by Gasteiger charge is 2.26.